The van der Waals surface area contributed by atoms with Crippen molar-refractivity contribution in [2.45, 2.75) is 26.3 Å². The maximum atomic E-state index is 12.2. The molecule has 0 aliphatic carbocycles. The van der Waals surface area contributed by atoms with Crippen molar-refractivity contribution < 1.29 is 15.0 Å². The fourth-order valence-corrected chi connectivity index (χ4v) is 2.47. The smallest absolute Gasteiger partial charge is 0.254 e. The summed E-state index contributed by atoms with van der Waals surface area (Å²) in [4.78, 5) is 14.0. The van der Waals surface area contributed by atoms with E-state index in [4.69, 9.17) is 0 Å². The minimum Gasteiger partial charge on any atom is -0.508 e. The van der Waals surface area contributed by atoms with E-state index in [0.29, 0.717) is 11.5 Å². The highest BCUT2D eigenvalue weighted by Crippen LogP contribution is 2.27. The number of nitrogens with zero attached hydrogens (tertiary/aromatic N) is 1. The lowest BCUT2D eigenvalue weighted by atomic mass is 10.1. The van der Waals surface area contributed by atoms with Crippen molar-refractivity contribution in [3.63, 3.8) is 0 Å². The third-order valence-electron chi connectivity index (χ3n) is 3.19. The first-order chi connectivity index (χ1) is 7.97. The van der Waals surface area contributed by atoms with E-state index in [9.17, 15) is 15.0 Å². The van der Waals surface area contributed by atoms with Gasteiger partial charge in [-0.3, -0.25) is 4.79 Å². The molecule has 1 fully saturated rings. The van der Waals surface area contributed by atoms with Crippen LogP contribution in [0.4, 0.5) is 0 Å². The first kappa shape index (κ1) is 11.8. The zero-order valence-electron chi connectivity index (χ0n) is 10.1. The lowest BCUT2D eigenvalue weighted by Crippen LogP contribution is -2.33. The van der Waals surface area contributed by atoms with Crippen LogP contribution < -0.4 is 0 Å². The van der Waals surface area contributed by atoms with Gasteiger partial charge in [0.25, 0.3) is 5.91 Å². The number of phenolic OH excluding ortho intramolecular Hbond substituents is 2. The number of carbonyl (C=O) groups is 1. The van der Waals surface area contributed by atoms with E-state index in [-0.39, 0.29) is 23.4 Å². The molecule has 1 aromatic carbocycles. The van der Waals surface area contributed by atoms with Crippen LogP contribution in [0.1, 0.15) is 30.6 Å². The second-order valence-electron chi connectivity index (χ2n) is 4.89. The molecule has 4 nitrogen and oxygen atoms in total. The molecule has 1 aromatic rings. The van der Waals surface area contributed by atoms with Crippen molar-refractivity contribution in [3.8, 4) is 11.5 Å². The number of likely N-dealkylation sites (tertiary alicyclic amines) is 1. The molecule has 2 N–H and O–H groups in total. The third-order valence-corrected chi connectivity index (χ3v) is 3.19. The van der Waals surface area contributed by atoms with Gasteiger partial charge in [0.1, 0.15) is 11.5 Å². The Morgan fingerprint density at radius 1 is 1.24 bits per heavy atom. The Labute approximate surface area is 100 Å². The number of benzene rings is 1. The Kier molecular flexibility index (Phi) is 2.96. The number of phenols is 2. The summed E-state index contributed by atoms with van der Waals surface area (Å²) >= 11 is 0. The highest BCUT2D eigenvalue weighted by Gasteiger charge is 2.30. The normalized spacial score (nSPS) is 24.0. The summed E-state index contributed by atoms with van der Waals surface area (Å²) in [6, 6.07) is 4.20. The number of rotatable bonds is 1. The monoisotopic (exact) mass is 235 g/mol. The van der Waals surface area contributed by atoms with E-state index in [0.717, 1.165) is 13.0 Å². The Hall–Kier alpha value is -1.71. The molecule has 1 heterocycles. The third kappa shape index (κ3) is 2.35. The average Bonchev–Trinajstić information content (AvgIpc) is 2.55. The fraction of sp³-hybridized carbons (Fsp3) is 0.462. The number of hydrogen-bond acceptors (Lipinski definition) is 3. The summed E-state index contributed by atoms with van der Waals surface area (Å²) in [6.07, 6.45) is 0.997. The summed E-state index contributed by atoms with van der Waals surface area (Å²) in [5.41, 5.74) is 0.337. The zero-order valence-corrected chi connectivity index (χ0v) is 10.1. The molecular weight excluding hydrogens is 218 g/mol. The van der Waals surface area contributed by atoms with E-state index < -0.39 is 0 Å². The first-order valence-corrected chi connectivity index (χ1v) is 5.81. The van der Waals surface area contributed by atoms with E-state index in [2.05, 4.69) is 6.92 Å². The van der Waals surface area contributed by atoms with Crippen LogP contribution in [0.2, 0.25) is 0 Å². The van der Waals surface area contributed by atoms with Gasteiger partial charge in [-0.15, -0.1) is 0 Å². The van der Waals surface area contributed by atoms with Crippen molar-refractivity contribution in [1.82, 2.24) is 4.90 Å². The lowest BCUT2D eigenvalue weighted by molar-refractivity contribution is 0.0743. The summed E-state index contributed by atoms with van der Waals surface area (Å²) in [5.74, 6) is 0.189. The van der Waals surface area contributed by atoms with E-state index in [1.165, 1.54) is 18.2 Å². The van der Waals surface area contributed by atoms with Gasteiger partial charge in [0.15, 0.2) is 0 Å². The van der Waals surface area contributed by atoms with Crippen LogP contribution in [0.25, 0.3) is 0 Å². The van der Waals surface area contributed by atoms with Crippen LogP contribution >= 0.6 is 0 Å². The molecule has 0 spiro atoms. The van der Waals surface area contributed by atoms with Gasteiger partial charge in [-0.1, -0.05) is 6.92 Å². The van der Waals surface area contributed by atoms with E-state index in [1.807, 2.05) is 6.92 Å². The highest BCUT2D eigenvalue weighted by atomic mass is 16.3. The Bertz CT molecular complexity index is 424. The van der Waals surface area contributed by atoms with Crippen molar-refractivity contribution >= 4 is 5.91 Å². The summed E-state index contributed by atoms with van der Waals surface area (Å²) in [7, 11) is 0. The molecule has 0 radical (unpaired) electrons. The maximum absolute atomic E-state index is 12.2. The van der Waals surface area contributed by atoms with Crippen LogP contribution in [-0.2, 0) is 0 Å². The maximum Gasteiger partial charge on any atom is 0.254 e. The molecule has 4 heteroatoms. The van der Waals surface area contributed by atoms with Crippen molar-refractivity contribution in [2.75, 3.05) is 6.54 Å². The highest BCUT2D eigenvalue weighted by molar-refractivity contribution is 5.95. The lowest BCUT2D eigenvalue weighted by Gasteiger charge is -2.21. The Morgan fingerprint density at radius 2 is 1.82 bits per heavy atom. The van der Waals surface area contributed by atoms with Crippen molar-refractivity contribution in [3.05, 3.63) is 23.8 Å². The summed E-state index contributed by atoms with van der Waals surface area (Å²) in [6.45, 7) is 4.87. The van der Waals surface area contributed by atoms with Crippen molar-refractivity contribution in [1.29, 1.82) is 0 Å². The Morgan fingerprint density at radius 3 is 2.29 bits per heavy atom. The second-order valence-corrected chi connectivity index (χ2v) is 4.89. The van der Waals surface area contributed by atoms with Crippen LogP contribution in [0, 0.1) is 5.92 Å². The van der Waals surface area contributed by atoms with Gasteiger partial charge in [0.05, 0.1) is 0 Å². The van der Waals surface area contributed by atoms with Crippen molar-refractivity contribution in [2.24, 2.45) is 5.92 Å². The number of carbonyl (C=O) groups excluding carboxylic acids is 1. The quantitative estimate of drug-likeness (QED) is 0.782. The van der Waals surface area contributed by atoms with Gasteiger partial charge in [-0.2, -0.15) is 0 Å². The molecule has 1 saturated heterocycles. The minimum absolute atomic E-state index is 0.0896. The van der Waals surface area contributed by atoms with E-state index in [1.54, 1.807) is 4.90 Å². The van der Waals surface area contributed by atoms with Gasteiger partial charge in [0.2, 0.25) is 0 Å². The second kappa shape index (κ2) is 4.28. The van der Waals surface area contributed by atoms with Gasteiger partial charge in [0, 0.05) is 24.2 Å². The molecule has 0 bridgehead atoms. The Balaban J connectivity index is 2.25. The molecule has 1 aliphatic heterocycles. The van der Waals surface area contributed by atoms with E-state index >= 15 is 0 Å². The molecule has 2 unspecified atom stereocenters. The standard InChI is InChI=1S/C13H17NO3/c1-8-3-9(2)14(7-8)13(17)10-4-11(15)6-12(16)5-10/h4-6,8-9,15-16H,3,7H2,1-2H3. The predicted molar refractivity (Wildman–Crippen MR) is 64.1 cm³/mol. The topological polar surface area (TPSA) is 60.8 Å². The SMILES string of the molecule is CC1CC(C)N(C(=O)c2cc(O)cc(O)c2)C1. The van der Waals surface area contributed by atoms with Crippen LogP contribution in [0.15, 0.2) is 18.2 Å². The predicted octanol–water partition coefficient (Wildman–Crippen LogP) is 1.97. The van der Waals surface area contributed by atoms with Crippen LogP contribution in [-0.4, -0.2) is 33.6 Å². The zero-order chi connectivity index (χ0) is 12.6. The van der Waals surface area contributed by atoms with Gasteiger partial charge >= 0.3 is 0 Å². The summed E-state index contributed by atoms with van der Waals surface area (Å²) in [5, 5.41) is 18.7. The molecule has 0 aromatic heterocycles. The number of aromatic hydroxyl groups is 2. The molecular formula is C13H17NO3. The molecule has 1 amide bonds. The first-order valence-electron chi connectivity index (χ1n) is 5.81. The molecule has 2 atom stereocenters. The molecule has 2 rings (SSSR count). The largest absolute Gasteiger partial charge is 0.508 e. The number of amides is 1. The van der Waals surface area contributed by atoms with Crippen LogP contribution in [0.3, 0.4) is 0 Å². The molecule has 92 valence electrons. The molecule has 1 aliphatic rings. The van der Waals surface area contributed by atoms with Crippen LogP contribution in [0.5, 0.6) is 11.5 Å². The average molecular weight is 235 g/mol. The molecule has 17 heavy (non-hydrogen) atoms. The van der Waals surface area contributed by atoms with Gasteiger partial charge < -0.3 is 15.1 Å². The number of hydrogen-bond donors (Lipinski definition) is 2. The molecule has 0 saturated carbocycles. The fourth-order valence-electron chi connectivity index (χ4n) is 2.47. The van der Waals surface area contributed by atoms with Gasteiger partial charge in [-0.25, -0.2) is 0 Å². The summed E-state index contributed by atoms with van der Waals surface area (Å²) < 4.78 is 0. The minimum atomic E-state index is -0.131. The van der Waals surface area contributed by atoms with Gasteiger partial charge in [-0.05, 0) is 31.4 Å².